The lowest BCUT2D eigenvalue weighted by Crippen LogP contribution is -2.53. The van der Waals surface area contributed by atoms with Crippen molar-refractivity contribution in [2.24, 2.45) is 0 Å². The average Bonchev–Trinajstić information content (AvgIpc) is 3.52. The van der Waals surface area contributed by atoms with E-state index in [1.54, 1.807) is 0 Å². The molecule has 1 fully saturated rings. The minimum Gasteiger partial charge on any atom is -0.463 e. The quantitative estimate of drug-likeness (QED) is 0.271. The van der Waals surface area contributed by atoms with E-state index in [4.69, 9.17) is 23.7 Å². The van der Waals surface area contributed by atoms with Crippen molar-refractivity contribution in [3.8, 4) is 0 Å². The van der Waals surface area contributed by atoms with Crippen molar-refractivity contribution >= 4 is 23.1 Å². The number of aromatic amines is 1. The van der Waals surface area contributed by atoms with Crippen LogP contribution in [-0.2, 0) is 46.5 Å². The van der Waals surface area contributed by atoms with Crippen LogP contribution in [0.4, 0.5) is 0 Å². The van der Waals surface area contributed by atoms with Gasteiger partial charge in [-0.2, -0.15) is 0 Å². The molecule has 0 amide bonds. The van der Waals surface area contributed by atoms with Gasteiger partial charge in [0.05, 0.1) is 32.5 Å². The molecule has 4 aromatic rings. The zero-order valence-electron chi connectivity index (χ0n) is 22.6. The van der Waals surface area contributed by atoms with Gasteiger partial charge < -0.3 is 28.7 Å². The molecule has 2 aromatic carbocycles. The number of imidazole rings is 1. The molecular weight excluding hydrogens is 532 g/mol. The molecule has 4 atom stereocenters. The van der Waals surface area contributed by atoms with Crippen LogP contribution in [0.5, 0.6) is 0 Å². The fourth-order valence-corrected chi connectivity index (χ4v) is 4.82. The Morgan fingerprint density at radius 3 is 2.29 bits per heavy atom. The minimum absolute atomic E-state index is 0.0798. The van der Waals surface area contributed by atoms with Gasteiger partial charge in [-0.05, 0) is 11.1 Å². The molecule has 0 saturated carbocycles. The third kappa shape index (κ3) is 6.35. The van der Waals surface area contributed by atoms with Gasteiger partial charge in [0.25, 0.3) is 5.56 Å². The summed E-state index contributed by atoms with van der Waals surface area (Å²) in [5, 5.41) is 0. The number of hydrogen-bond acceptors (Lipinski definition) is 10. The molecule has 0 bridgehead atoms. The molecule has 41 heavy (non-hydrogen) atoms. The standard InChI is InChI=1S/C29H30N4O8/c1-19(34)39-16-29(15-37-13-21-9-5-3-6-10-21)25(38-14-22-11-7-4-8-12-22)24(40-20(2)35)28(41-29)33-18-32-23-26(33)30-17-31-27(23)36/h3-12,17-18,24-25,28H,13-16H2,1-2H3,(H,30,31,36)/t24-,25+,28-,29+/m1/s1. The first-order valence-corrected chi connectivity index (χ1v) is 13.0. The number of fused-ring (bicyclic) bond motifs is 1. The van der Waals surface area contributed by atoms with E-state index in [-0.39, 0.29) is 37.6 Å². The van der Waals surface area contributed by atoms with Gasteiger partial charge in [0.2, 0.25) is 0 Å². The van der Waals surface area contributed by atoms with Crippen LogP contribution >= 0.6 is 0 Å². The van der Waals surface area contributed by atoms with Crippen molar-refractivity contribution in [2.45, 2.75) is 51.1 Å². The number of nitrogens with zero attached hydrogens (tertiary/aromatic N) is 3. The van der Waals surface area contributed by atoms with Gasteiger partial charge in [-0.1, -0.05) is 60.7 Å². The monoisotopic (exact) mass is 562 g/mol. The highest BCUT2D eigenvalue weighted by Gasteiger charge is 2.60. The van der Waals surface area contributed by atoms with Gasteiger partial charge in [0.15, 0.2) is 29.1 Å². The number of carbonyl (C=O) groups excluding carboxylic acids is 2. The van der Waals surface area contributed by atoms with Gasteiger partial charge in [-0.3, -0.25) is 19.0 Å². The summed E-state index contributed by atoms with van der Waals surface area (Å²) in [6, 6.07) is 19.0. The van der Waals surface area contributed by atoms with Crippen LogP contribution in [0.1, 0.15) is 31.2 Å². The first kappa shape index (κ1) is 28.1. The van der Waals surface area contributed by atoms with E-state index in [2.05, 4.69) is 15.0 Å². The summed E-state index contributed by atoms with van der Waals surface area (Å²) in [6.07, 6.45) is -0.432. The lowest BCUT2D eigenvalue weighted by atomic mass is 9.96. The van der Waals surface area contributed by atoms with Crippen molar-refractivity contribution in [2.75, 3.05) is 13.2 Å². The number of ether oxygens (including phenoxy) is 5. The predicted molar refractivity (Wildman–Crippen MR) is 144 cm³/mol. The summed E-state index contributed by atoms with van der Waals surface area (Å²) in [6.45, 7) is 2.61. The Morgan fingerprint density at radius 2 is 1.63 bits per heavy atom. The number of rotatable bonds is 11. The maximum absolute atomic E-state index is 12.4. The van der Waals surface area contributed by atoms with Gasteiger partial charge in [0, 0.05) is 13.8 Å². The van der Waals surface area contributed by atoms with Crippen molar-refractivity contribution in [3.05, 3.63) is 94.8 Å². The van der Waals surface area contributed by atoms with E-state index in [1.165, 1.54) is 31.1 Å². The molecular formula is C29H30N4O8. The number of carbonyl (C=O) groups is 2. The summed E-state index contributed by atoms with van der Waals surface area (Å²) in [5.74, 6) is -1.12. The predicted octanol–water partition coefficient (Wildman–Crippen LogP) is 2.68. The lowest BCUT2D eigenvalue weighted by Gasteiger charge is -2.34. The topological polar surface area (TPSA) is 144 Å². The molecule has 12 nitrogen and oxygen atoms in total. The molecule has 12 heteroatoms. The first-order chi connectivity index (χ1) is 19.9. The summed E-state index contributed by atoms with van der Waals surface area (Å²) >= 11 is 0. The molecule has 1 saturated heterocycles. The number of H-pyrrole nitrogens is 1. The Bertz CT molecular complexity index is 1540. The smallest absolute Gasteiger partial charge is 0.303 e. The molecule has 0 radical (unpaired) electrons. The van der Waals surface area contributed by atoms with Crippen LogP contribution in [0, 0.1) is 0 Å². The molecule has 2 aromatic heterocycles. The van der Waals surface area contributed by atoms with Crippen molar-refractivity contribution in [1.29, 1.82) is 0 Å². The van der Waals surface area contributed by atoms with Gasteiger partial charge in [-0.15, -0.1) is 0 Å². The van der Waals surface area contributed by atoms with Crippen molar-refractivity contribution in [3.63, 3.8) is 0 Å². The fourth-order valence-electron chi connectivity index (χ4n) is 4.82. The molecule has 0 spiro atoms. The summed E-state index contributed by atoms with van der Waals surface area (Å²) < 4.78 is 31.9. The summed E-state index contributed by atoms with van der Waals surface area (Å²) in [7, 11) is 0. The average molecular weight is 563 g/mol. The van der Waals surface area contributed by atoms with Crippen LogP contribution in [0.3, 0.4) is 0 Å². The van der Waals surface area contributed by atoms with Crippen molar-refractivity contribution in [1.82, 2.24) is 19.5 Å². The number of nitrogens with one attached hydrogen (secondary N) is 1. The third-order valence-corrected chi connectivity index (χ3v) is 6.64. The number of esters is 2. The van der Waals surface area contributed by atoms with Gasteiger partial charge in [-0.25, -0.2) is 9.97 Å². The molecule has 1 N–H and O–H groups in total. The Balaban J connectivity index is 1.55. The van der Waals surface area contributed by atoms with Crippen LogP contribution in [0.2, 0.25) is 0 Å². The molecule has 5 rings (SSSR count). The second-order valence-corrected chi connectivity index (χ2v) is 9.68. The maximum Gasteiger partial charge on any atom is 0.303 e. The molecule has 1 aliphatic heterocycles. The van der Waals surface area contributed by atoms with Gasteiger partial charge in [0.1, 0.15) is 12.7 Å². The van der Waals surface area contributed by atoms with Crippen LogP contribution < -0.4 is 5.56 Å². The highest BCUT2D eigenvalue weighted by atomic mass is 16.7. The molecule has 1 aliphatic rings. The number of aromatic nitrogens is 4. The fraction of sp³-hybridized carbons (Fsp3) is 0.345. The van der Waals surface area contributed by atoms with E-state index in [1.807, 2.05) is 60.7 Å². The Hall–Kier alpha value is -4.39. The number of benzene rings is 2. The third-order valence-electron chi connectivity index (χ3n) is 6.64. The number of hydrogen-bond donors (Lipinski definition) is 1. The van der Waals surface area contributed by atoms with Crippen LogP contribution in [-0.4, -0.2) is 62.5 Å². The van der Waals surface area contributed by atoms with E-state index >= 15 is 0 Å². The normalized spacial score (nSPS) is 22.0. The van der Waals surface area contributed by atoms with E-state index in [0.717, 1.165) is 11.1 Å². The maximum atomic E-state index is 12.4. The van der Waals surface area contributed by atoms with E-state index in [0.29, 0.717) is 0 Å². The van der Waals surface area contributed by atoms with Crippen molar-refractivity contribution < 1.29 is 33.3 Å². The van der Waals surface area contributed by atoms with E-state index < -0.39 is 41.5 Å². The highest BCUT2D eigenvalue weighted by Crippen LogP contribution is 2.43. The Kier molecular flexibility index (Phi) is 8.53. The molecule has 0 unspecified atom stereocenters. The second kappa shape index (κ2) is 12.4. The molecule has 0 aliphatic carbocycles. The van der Waals surface area contributed by atoms with Crippen LogP contribution in [0.25, 0.3) is 11.2 Å². The first-order valence-electron chi connectivity index (χ1n) is 13.0. The SMILES string of the molecule is CC(=O)OC[C@]1(COCc2ccccc2)O[C@@H](n2cnc3c(=O)[nH]cnc32)[C@H](OC(C)=O)[C@@H]1OCc1ccccc1. The molecule has 3 heterocycles. The van der Waals surface area contributed by atoms with Gasteiger partial charge >= 0.3 is 11.9 Å². The lowest BCUT2D eigenvalue weighted by molar-refractivity contribution is -0.189. The second-order valence-electron chi connectivity index (χ2n) is 9.68. The summed E-state index contributed by atoms with van der Waals surface area (Å²) in [5.41, 5.74) is 0.225. The molecule has 214 valence electrons. The Labute approximate surface area is 235 Å². The minimum atomic E-state index is -1.42. The largest absolute Gasteiger partial charge is 0.463 e. The zero-order chi connectivity index (χ0) is 28.8. The highest BCUT2D eigenvalue weighted by molar-refractivity contribution is 5.69. The van der Waals surface area contributed by atoms with Crippen LogP contribution in [0.15, 0.2) is 78.1 Å². The van der Waals surface area contributed by atoms with E-state index in [9.17, 15) is 14.4 Å². The summed E-state index contributed by atoms with van der Waals surface area (Å²) in [4.78, 5) is 47.7. The Morgan fingerprint density at radius 1 is 0.951 bits per heavy atom. The zero-order valence-corrected chi connectivity index (χ0v) is 22.6.